The lowest BCUT2D eigenvalue weighted by Gasteiger charge is -2.21. The predicted octanol–water partition coefficient (Wildman–Crippen LogP) is 2.56. The van der Waals surface area contributed by atoms with Crippen molar-refractivity contribution in [1.29, 1.82) is 0 Å². The van der Waals surface area contributed by atoms with Crippen LogP contribution in [-0.2, 0) is 0 Å². The molecule has 0 spiro atoms. The van der Waals surface area contributed by atoms with Gasteiger partial charge in [-0.15, -0.1) is 11.3 Å². The third kappa shape index (κ3) is 3.08. The third-order valence-corrected chi connectivity index (χ3v) is 3.43. The molecule has 80 valence electrons. The molecule has 0 aromatic carbocycles. The second-order valence-electron chi connectivity index (χ2n) is 3.43. The van der Waals surface area contributed by atoms with Crippen LogP contribution in [0.5, 0.6) is 0 Å². The van der Waals surface area contributed by atoms with Crippen molar-refractivity contribution < 1.29 is 5.11 Å². The maximum Gasteiger partial charge on any atom is 0.0584 e. The van der Waals surface area contributed by atoms with E-state index in [9.17, 15) is 0 Å². The van der Waals surface area contributed by atoms with Gasteiger partial charge in [-0.2, -0.15) is 0 Å². The molecule has 1 unspecified atom stereocenters. The lowest BCUT2D eigenvalue weighted by Crippen LogP contribution is -2.34. The van der Waals surface area contributed by atoms with Gasteiger partial charge in [-0.3, -0.25) is 0 Å². The van der Waals surface area contributed by atoms with Gasteiger partial charge in [0.1, 0.15) is 0 Å². The summed E-state index contributed by atoms with van der Waals surface area (Å²) in [5.74, 6) is 0. The Morgan fingerprint density at radius 2 is 2.21 bits per heavy atom. The average Bonchev–Trinajstić information content (AvgIpc) is 2.73. The zero-order valence-electron chi connectivity index (χ0n) is 8.86. The largest absolute Gasteiger partial charge is 0.395 e. The van der Waals surface area contributed by atoms with Crippen LogP contribution in [0.3, 0.4) is 0 Å². The summed E-state index contributed by atoms with van der Waals surface area (Å²) in [5.41, 5.74) is 0. The molecule has 2 atom stereocenters. The molecule has 0 radical (unpaired) electrons. The minimum Gasteiger partial charge on any atom is -0.395 e. The second-order valence-corrected chi connectivity index (χ2v) is 4.41. The normalized spacial score (nSPS) is 15.4. The fourth-order valence-corrected chi connectivity index (χ4v) is 2.35. The molecular formula is C11H19NOS. The van der Waals surface area contributed by atoms with E-state index >= 15 is 0 Å². The minimum atomic E-state index is 0.221. The topological polar surface area (TPSA) is 32.3 Å². The van der Waals surface area contributed by atoms with Gasteiger partial charge in [-0.1, -0.05) is 19.9 Å². The van der Waals surface area contributed by atoms with Crippen molar-refractivity contribution in [2.45, 2.75) is 38.8 Å². The second kappa shape index (κ2) is 6.17. The highest BCUT2D eigenvalue weighted by Gasteiger charge is 2.13. The van der Waals surface area contributed by atoms with E-state index < -0.39 is 0 Å². The highest BCUT2D eigenvalue weighted by atomic mass is 32.1. The molecule has 1 aromatic heterocycles. The summed E-state index contributed by atoms with van der Waals surface area (Å²) in [4.78, 5) is 1.36. The highest BCUT2D eigenvalue weighted by molar-refractivity contribution is 7.10. The Morgan fingerprint density at radius 3 is 2.64 bits per heavy atom. The number of nitrogens with one attached hydrogen (secondary N) is 1. The number of thiophene rings is 1. The number of rotatable bonds is 6. The SMILES string of the molecule is CCC(N[C@@H](CC)CO)c1cccs1. The fourth-order valence-electron chi connectivity index (χ4n) is 1.47. The maximum absolute atomic E-state index is 9.11. The zero-order valence-corrected chi connectivity index (χ0v) is 9.68. The van der Waals surface area contributed by atoms with Crippen LogP contribution < -0.4 is 5.32 Å². The number of hydrogen-bond donors (Lipinski definition) is 2. The molecule has 2 N–H and O–H groups in total. The van der Waals surface area contributed by atoms with Gasteiger partial charge in [0.15, 0.2) is 0 Å². The summed E-state index contributed by atoms with van der Waals surface area (Å²) in [5, 5.41) is 14.7. The number of aliphatic hydroxyl groups is 1. The van der Waals surface area contributed by atoms with Crippen molar-refractivity contribution in [3.8, 4) is 0 Å². The van der Waals surface area contributed by atoms with Crippen LogP contribution in [0.2, 0.25) is 0 Å². The summed E-state index contributed by atoms with van der Waals surface area (Å²) in [6, 6.07) is 4.84. The van der Waals surface area contributed by atoms with E-state index in [1.165, 1.54) is 4.88 Å². The van der Waals surface area contributed by atoms with Crippen LogP contribution in [-0.4, -0.2) is 17.8 Å². The van der Waals surface area contributed by atoms with Gasteiger partial charge < -0.3 is 10.4 Å². The summed E-state index contributed by atoms with van der Waals surface area (Å²) in [6.45, 7) is 4.48. The van der Waals surface area contributed by atoms with Crippen LogP contribution in [0.4, 0.5) is 0 Å². The van der Waals surface area contributed by atoms with Gasteiger partial charge in [-0.05, 0) is 24.3 Å². The fraction of sp³-hybridized carbons (Fsp3) is 0.636. The Labute approximate surface area is 90.0 Å². The Morgan fingerprint density at radius 1 is 1.43 bits per heavy atom. The third-order valence-electron chi connectivity index (χ3n) is 2.44. The molecule has 1 aromatic rings. The molecule has 2 nitrogen and oxygen atoms in total. The van der Waals surface area contributed by atoms with Crippen molar-refractivity contribution in [2.24, 2.45) is 0 Å². The van der Waals surface area contributed by atoms with Gasteiger partial charge >= 0.3 is 0 Å². The van der Waals surface area contributed by atoms with E-state index in [0.29, 0.717) is 6.04 Å². The molecule has 0 aliphatic heterocycles. The lowest BCUT2D eigenvalue weighted by molar-refractivity contribution is 0.227. The molecule has 0 saturated heterocycles. The zero-order chi connectivity index (χ0) is 10.4. The first kappa shape index (κ1) is 11.7. The van der Waals surface area contributed by atoms with Gasteiger partial charge in [0, 0.05) is 17.0 Å². The van der Waals surface area contributed by atoms with Gasteiger partial charge in [0.25, 0.3) is 0 Å². The van der Waals surface area contributed by atoms with Crippen molar-refractivity contribution >= 4 is 11.3 Å². The summed E-state index contributed by atoms with van der Waals surface area (Å²) in [6.07, 6.45) is 2.04. The molecular weight excluding hydrogens is 194 g/mol. The van der Waals surface area contributed by atoms with Gasteiger partial charge in [-0.25, -0.2) is 0 Å². The molecule has 0 aliphatic rings. The molecule has 1 rings (SSSR count). The van der Waals surface area contributed by atoms with Crippen LogP contribution in [0.25, 0.3) is 0 Å². The average molecular weight is 213 g/mol. The highest BCUT2D eigenvalue weighted by Crippen LogP contribution is 2.22. The Balaban J connectivity index is 2.55. The monoisotopic (exact) mass is 213 g/mol. The van der Waals surface area contributed by atoms with Crippen molar-refractivity contribution in [3.63, 3.8) is 0 Å². The molecule has 3 heteroatoms. The van der Waals surface area contributed by atoms with Crippen LogP contribution in [0.1, 0.15) is 37.6 Å². The Hall–Kier alpha value is -0.380. The maximum atomic E-state index is 9.11. The molecule has 0 aliphatic carbocycles. The van der Waals surface area contributed by atoms with Crippen molar-refractivity contribution in [1.82, 2.24) is 5.32 Å². The molecule has 1 heterocycles. The van der Waals surface area contributed by atoms with E-state index in [4.69, 9.17) is 5.11 Å². The molecule has 0 amide bonds. The van der Waals surface area contributed by atoms with E-state index in [-0.39, 0.29) is 12.6 Å². The lowest BCUT2D eigenvalue weighted by atomic mass is 10.1. The van der Waals surface area contributed by atoms with E-state index in [1.54, 1.807) is 11.3 Å². The number of aliphatic hydroxyl groups excluding tert-OH is 1. The standard InChI is InChI=1S/C11H19NOS/c1-3-9(8-13)12-10(4-2)11-6-5-7-14-11/h5-7,9-10,12-13H,3-4,8H2,1-2H3/t9-,10?/m0/s1. The minimum absolute atomic E-state index is 0.221. The molecule has 0 fully saturated rings. The van der Waals surface area contributed by atoms with E-state index in [1.807, 2.05) is 0 Å². The summed E-state index contributed by atoms with van der Waals surface area (Å²) < 4.78 is 0. The van der Waals surface area contributed by atoms with Crippen LogP contribution in [0.15, 0.2) is 17.5 Å². The molecule has 0 bridgehead atoms. The van der Waals surface area contributed by atoms with Crippen LogP contribution >= 0.6 is 11.3 Å². The Bertz CT molecular complexity index is 231. The first-order valence-electron chi connectivity index (χ1n) is 5.22. The predicted molar refractivity (Wildman–Crippen MR) is 61.7 cm³/mol. The first-order chi connectivity index (χ1) is 6.81. The first-order valence-corrected chi connectivity index (χ1v) is 6.10. The molecule has 0 saturated carbocycles. The number of hydrogen-bond acceptors (Lipinski definition) is 3. The summed E-state index contributed by atoms with van der Waals surface area (Å²) >= 11 is 1.77. The van der Waals surface area contributed by atoms with Gasteiger partial charge in [0.2, 0.25) is 0 Å². The van der Waals surface area contributed by atoms with Crippen molar-refractivity contribution in [2.75, 3.05) is 6.61 Å². The smallest absolute Gasteiger partial charge is 0.0584 e. The quantitative estimate of drug-likeness (QED) is 0.761. The van der Waals surface area contributed by atoms with E-state index in [2.05, 4.69) is 36.7 Å². The van der Waals surface area contributed by atoms with Gasteiger partial charge in [0.05, 0.1) is 6.61 Å². The summed E-state index contributed by atoms with van der Waals surface area (Å²) in [7, 11) is 0. The van der Waals surface area contributed by atoms with Crippen LogP contribution in [0, 0.1) is 0 Å². The molecule has 14 heavy (non-hydrogen) atoms. The Kier molecular flexibility index (Phi) is 5.15. The van der Waals surface area contributed by atoms with Crippen molar-refractivity contribution in [3.05, 3.63) is 22.4 Å². The van der Waals surface area contributed by atoms with E-state index in [0.717, 1.165) is 12.8 Å².